The first kappa shape index (κ1) is 18.4. The van der Waals surface area contributed by atoms with Crippen molar-refractivity contribution in [3.63, 3.8) is 0 Å². The molecule has 3 nitrogen and oxygen atoms in total. The molecule has 0 spiro atoms. The Bertz CT molecular complexity index is 170. The second-order valence-corrected chi connectivity index (χ2v) is 4.44. The third-order valence-electron chi connectivity index (χ3n) is 2.31. The highest BCUT2D eigenvalue weighted by Gasteiger charge is 1.94. The Balaban J connectivity index is 0. The first-order valence-corrected chi connectivity index (χ1v) is 6.20. The SMILES string of the molecule is CCCCNC(N)=NCCCCC(C)C.I. The van der Waals surface area contributed by atoms with Crippen molar-refractivity contribution in [1.82, 2.24) is 5.32 Å². The average molecular weight is 341 g/mol. The van der Waals surface area contributed by atoms with E-state index >= 15 is 0 Å². The van der Waals surface area contributed by atoms with Gasteiger partial charge in [0.1, 0.15) is 0 Å². The highest BCUT2D eigenvalue weighted by atomic mass is 127. The third-order valence-corrected chi connectivity index (χ3v) is 2.31. The molecule has 0 saturated carbocycles. The number of nitrogens with one attached hydrogen (secondary N) is 1. The Morgan fingerprint density at radius 1 is 1.25 bits per heavy atom. The molecule has 16 heavy (non-hydrogen) atoms. The smallest absolute Gasteiger partial charge is 0.188 e. The van der Waals surface area contributed by atoms with Crippen LogP contribution in [0, 0.1) is 5.92 Å². The van der Waals surface area contributed by atoms with Crippen molar-refractivity contribution < 1.29 is 0 Å². The molecule has 0 radical (unpaired) electrons. The summed E-state index contributed by atoms with van der Waals surface area (Å²) in [6.07, 6.45) is 6.04. The Hall–Kier alpha value is 0. The maximum atomic E-state index is 5.70. The molecule has 0 rings (SSSR count). The molecule has 0 fully saturated rings. The maximum Gasteiger partial charge on any atom is 0.188 e. The maximum absolute atomic E-state index is 5.70. The Labute approximate surface area is 118 Å². The van der Waals surface area contributed by atoms with Gasteiger partial charge in [0.05, 0.1) is 0 Å². The predicted molar refractivity (Wildman–Crippen MR) is 83.5 cm³/mol. The van der Waals surface area contributed by atoms with E-state index in [1.54, 1.807) is 0 Å². The molecule has 4 heteroatoms. The molecular weight excluding hydrogens is 313 g/mol. The van der Waals surface area contributed by atoms with Gasteiger partial charge in [0, 0.05) is 13.1 Å². The lowest BCUT2D eigenvalue weighted by molar-refractivity contribution is 0.541. The summed E-state index contributed by atoms with van der Waals surface area (Å²) in [5.74, 6) is 1.40. The standard InChI is InChI=1S/C12H27N3.HI/c1-4-5-9-14-12(13)15-10-7-6-8-11(2)3;/h11H,4-10H2,1-3H3,(H3,13,14,15);1H. The van der Waals surface area contributed by atoms with Crippen LogP contribution in [0.3, 0.4) is 0 Å². The van der Waals surface area contributed by atoms with Crippen LogP contribution >= 0.6 is 24.0 Å². The highest BCUT2D eigenvalue weighted by molar-refractivity contribution is 14.0. The van der Waals surface area contributed by atoms with Gasteiger partial charge < -0.3 is 11.1 Å². The zero-order valence-electron chi connectivity index (χ0n) is 11.0. The number of hydrogen-bond acceptors (Lipinski definition) is 1. The highest BCUT2D eigenvalue weighted by Crippen LogP contribution is 2.05. The van der Waals surface area contributed by atoms with E-state index in [2.05, 4.69) is 31.1 Å². The first-order chi connectivity index (χ1) is 7.16. The zero-order valence-corrected chi connectivity index (χ0v) is 13.3. The van der Waals surface area contributed by atoms with Crippen LogP contribution < -0.4 is 11.1 Å². The molecule has 0 aliphatic carbocycles. The summed E-state index contributed by atoms with van der Waals surface area (Å²) in [6, 6.07) is 0. The first-order valence-electron chi connectivity index (χ1n) is 6.20. The number of unbranched alkanes of at least 4 members (excludes halogenated alkanes) is 2. The van der Waals surface area contributed by atoms with Gasteiger partial charge in [0.2, 0.25) is 0 Å². The zero-order chi connectivity index (χ0) is 11.5. The van der Waals surface area contributed by atoms with E-state index in [-0.39, 0.29) is 24.0 Å². The quantitative estimate of drug-likeness (QED) is 0.308. The summed E-state index contributed by atoms with van der Waals surface area (Å²) in [5.41, 5.74) is 5.70. The van der Waals surface area contributed by atoms with Crippen molar-refractivity contribution in [3.8, 4) is 0 Å². The summed E-state index contributed by atoms with van der Waals surface area (Å²) in [4.78, 5) is 4.28. The second-order valence-electron chi connectivity index (χ2n) is 4.44. The van der Waals surface area contributed by atoms with Gasteiger partial charge in [0.25, 0.3) is 0 Å². The van der Waals surface area contributed by atoms with E-state index in [1.165, 1.54) is 19.3 Å². The van der Waals surface area contributed by atoms with Crippen molar-refractivity contribution in [2.24, 2.45) is 16.6 Å². The molecule has 0 aromatic heterocycles. The fraction of sp³-hybridized carbons (Fsp3) is 0.917. The van der Waals surface area contributed by atoms with E-state index in [0.717, 1.165) is 31.8 Å². The van der Waals surface area contributed by atoms with Gasteiger partial charge >= 0.3 is 0 Å². The van der Waals surface area contributed by atoms with E-state index in [1.807, 2.05) is 0 Å². The summed E-state index contributed by atoms with van der Waals surface area (Å²) in [7, 11) is 0. The van der Waals surface area contributed by atoms with Gasteiger partial charge in [-0.2, -0.15) is 0 Å². The fourth-order valence-corrected chi connectivity index (χ4v) is 1.31. The van der Waals surface area contributed by atoms with Crippen LogP contribution in [0.4, 0.5) is 0 Å². The minimum absolute atomic E-state index is 0. The summed E-state index contributed by atoms with van der Waals surface area (Å²) in [6.45, 7) is 8.48. The number of nitrogens with two attached hydrogens (primary N) is 1. The van der Waals surface area contributed by atoms with Gasteiger partial charge in [-0.15, -0.1) is 24.0 Å². The molecule has 3 N–H and O–H groups in total. The Kier molecular flexibility index (Phi) is 15.0. The molecule has 0 bridgehead atoms. The predicted octanol–water partition coefficient (Wildman–Crippen LogP) is 3.14. The minimum atomic E-state index is 0. The van der Waals surface area contributed by atoms with Crippen LogP contribution in [0.25, 0.3) is 0 Å². The number of nitrogens with zero attached hydrogens (tertiary/aromatic N) is 1. The average Bonchev–Trinajstić information content (AvgIpc) is 2.17. The molecular formula is C12H28IN3. The Morgan fingerprint density at radius 3 is 2.50 bits per heavy atom. The fourth-order valence-electron chi connectivity index (χ4n) is 1.31. The molecule has 98 valence electrons. The van der Waals surface area contributed by atoms with E-state index < -0.39 is 0 Å². The molecule has 0 aliphatic heterocycles. The van der Waals surface area contributed by atoms with Gasteiger partial charge in [-0.25, -0.2) is 0 Å². The monoisotopic (exact) mass is 341 g/mol. The lowest BCUT2D eigenvalue weighted by Crippen LogP contribution is -2.32. The van der Waals surface area contributed by atoms with Gasteiger partial charge in [0.15, 0.2) is 5.96 Å². The second kappa shape index (κ2) is 13.1. The van der Waals surface area contributed by atoms with E-state index in [0.29, 0.717) is 5.96 Å². The number of aliphatic imine (C=N–C) groups is 1. The number of hydrogen-bond donors (Lipinski definition) is 2. The van der Waals surface area contributed by atoms with Gasteiger partial charge in [-0.05, 0) is 18.8 Å². The van der Waals surface area contributed by atoms with Crippen molar-refractivity contribution in [1.29, 1.82) is 0 Å². The number of guanidine groups is 1. The van der Waals surface area contributed by atoms with Crippen molar-refractivity contribution >= 4 is 29.9 Å². The molecule has 0 amide bonds. The normalized spacial score (nSPS) is 11.4. The van der Waals surface area contributed by atoms with Gasteiger partial charge in [-0.1, -0.05) is 40.0 Å². The molecule has 0 aliphatic rings. The van der Waals surface area contributed by atoms with Crippen molar-refractivity contribution in [2.75, 3.05) is 13.1 Å². The third kappa shape index (κ3) is 14.0. The van der Waals surface area contributed by atoms with Crippen LogP contribution in [-0.2, 0) is 0 Å². The summed E-state index contributed by atoms with van der Waals surface area (Å²) in [5, 5.41) is 3.11. The molecule has 0 unspecified atom stereocenters. The molecule has 0 aromatic rings. The molecule has 0 saturated heterocycles. The molecule has 0 heterocycles. The number of rotatable bonds is 8. The molecule has 0 aromatic carbocycles. The number of halogens is 1. The Morgan fingerprint density at radius 2 is 1.94 bits per heavy atom. The van der Waals surface area contributed by atoms with Gasteiger partial charge in [-0.3, -0.25) is 4.99 Å². The van der Waals surface area contributed by atoms with Crippen LogP contribution in [0.15, 0.2) is 4.99 Å². The molecule has 0 atom stereocenters. The largest absolute Gasteiger partial charge is 0.370 e. The van der Waals surface area contributed by atoms with E-state index in [4.69, 9.17) is 5.73 Å². The van der Waals surface area contributed by atoms with E-state index in [9.17, 15) is 0 Å². The summed E-state index contributed by atoms with van der Waals surface area (Å²) >= 11 is 0. The van der Waals surface area contributed by atoms with Crippen LogP contribution in [0.1, 0.15) is 52.9 Å². The topological polar surface area (TPSA) is 50.4 Å². The van der Waals surface area contributed by atoms with Crippen molar-refractivity contribution in [3.05, 3.63) is 0 Å². The minimum Gasteiger partial charge on any atom is -0.370 e. The summed E-state index contributed by atoms with van der Waals surface area (Å²) < 4.78 is 0. The lowest BCUT2D eigenvalue weighted by Gasteiger charge is -2.05. The van der Waals surface area contributed by atoms with Crippen molar-refractivity contribution in [2.45, 2.75) is 52.9 Å². The van der Waals surface area contributed by atoms with Crippen LogP contribution in [-0.4, -0.2) is 19.0 Å². The lowest BCUT2D eigenvalue weighted by atomic mass is 10.1. The van der Waals surface area contributed by atoms with Crippen LogP contribution in [0.5, 0.6) is 0 Å². The van der Waals surface area contributed by atoms with Crippen LogP contribution in [0.2, 0.25) is 0 Å².